The van der Waals surface area contributed by atoms with Crippen LogP contribution in [0.25, 0.3) is 0 Å². The molecule has 1 unspecified atom stereocenters. The average Bonchev–Trinajstić information content (AvgIpc) is 3.14. The smallest absolute Gasteiger partial charge is 0.304 e. The summed E-state index contributed by atoms with van der Waals surface area (Å²) in [5, 5.41) is 12.1. The van der Waals surface area contributed by atoms with Gasteiger partial charge in [-0.2, -0.15) is 0 Å². The monoisotopic (exact) mass is 432 g/mol. The van der Waals surface area contributed by atoms with E-state index < -0.39 is 5.97 Å². The maximum atomic E-state index is 11.0. The van der Waals surface area contributed by atoms with Crippen LogP contribution in [0.2, 0.25) is 0 Å². The summed E-state index contributed by atoms with van der Waals surface area (Å²) >= 11 is 5.90. The van der Waals surface area contributed by atoms with Crippen LogP contribution in [0, 0.1) is 5.92 Å². The van der Waals surface area contributed by atoms with Crippen LogP contribution in [0.1, 0.15) is 31.7 Å². The lowest BCUT2D eigenvalue weighted by Gasteiger charge is -2.32. The molecule has 158 valence electrons. The highest BCUT2D eigenvalue weighted by Gasteiger charge is 2.31. The summed E-state index contributed by atoms with van der Waals surface area (Å²) in [6, 6.07) is 8.23. The number of thiol groups is 1. The molecule has 0 bridgehead atoms. The van der Waals surface area contributed by atoms with Crippen LogP contribution in [-0.2, 0) is 11.2 Å². The van der Waals surface area contributed by atoms with E-state index in [4.69, 9.17) is 5.11 Å². The Hall–Kier alpha value is -1.79. The molecule has 1 atom stereocenters. The third-order valence-electron chi connectivity index (χ3n) is 5.15. The zero-order chi connectivity index (χ0) is 21.2. The second-order valence-electron chi connectivity index (χ2n) is 7.16. The number of hydrogen-bond donors (Lipinski definition) is 3. The van der Waals surface area contributed by atoms with Crippen molar-refractivity contribution in [2.75, 3.05) is 26.4 Å². The molecule has 0 aliphatic carbocycles. The van der Waals surface area contributed by atoms with Crippen LogP contribution in [0.3, 0.4) is 0 Å². The molecule has 0 aromatic heterocycles. The molecule has 6 heteroatoms. The molecular weight excluding hydrogens is 400 g/mol. The minimum atomic E-state index is -0.699. The van der Waals surface area contributed by atoms with E-state index in [9.17, 15) is 4.79 Å². The SMILES string of the molecule is CCc1ccc(S)cc1.CN/C=C\C(SC)=C1\C=C2C(CC(=O)O)CCCN2C1. The molecule has 1 fully saturated rings. The Morgan fingerprint density at radius 3 is 2.69 bits per heavy atom. The van der Waals surface area contributed by atoms with Crippen LogP contribution in [0.4, 0.5) is 0 Å². The summed E-state index contributed by atoms with van der Waals surface area (Å²) in [6.45, 7) is 4.10. The van der Waals surface area contributed by atoms with Gasteiger partial charge >= 0.3 is 5.97 Å². The fourth-order valence-corrected chi connectivity index (χ4v) is 4.38. The fourth-order valence-electron chi connectivity index (χ4n) is 3.64. The highest BCUT2D eigenvalue weighted by molar-refractivity contribution is 8.02. The first-order valence-corrected chi connectivity index (χ1v) is 11.7. The molecule has 0 amide bonds. The van der Waals surface area contributed by atoms with Gasteiger partial charge in [-0.25, -0.2) is 0 Å². The topological polar surface area (TPSA) is 52.6 Å². The minimum Gasteiger partial charge on any atom is -0.481 e. The molecule has 0 radical (unpaired) electrons. The molecule has 29 heavy (non-hydrogen) atoms. The first-order chi connectivity index (χ1) is 14.0. The van der Waals surface area contributed by atoms with Gasteiger partial charge in [-0.15, -0.1) is 24.4 Å². The van der Waals surface area contributed by atoms with Crippen molar-refractivity contribution in [1.29, 1.82) is 0 Å². The summed E-state index contributed by atoms with van der Waals surface area (Å²) in [6.07, 6.45) is 11.7. The lowest BCUT2D eigenvalue weighted by Crippen LogP contribution is -2.31. The zero-order valence-corrected chi connectivity index (χ0v) is 19.2. The summed E-state index contributed by atoms with van der Waals surface area (Å²) in [7, 11) is 1.89. The highest BCUT2D eigenvalue weighted by atomic mass is 32.2. The van der Waals surface area contributed by atoms with Gasteiger partial charge in [0, 0.05) is 41.6 Å². The number of benzene rings is 1. The number of nitrogens with zero attached hydrogens (tertiary/aromatic N) is 1. The van der Waals surface area contributed by atoms with Crippen molar-refractivity contribution in [2.45, 2.75) is 37.5 Å². The molecule has 0 spiro atoms. The van der Waals surface area contributed by atoms with Gasteiger partial charge in [0.2, 0.25) is 0 Å². The second kappa shape index (κ2) is 12.0. The largest absolute Gasteiger partial charge is 0.481 e. The second-order valence-corrected chi connectivity index (χ2v) is 8.53. The molecule has 1 aromatic carbocycles. The van der Waals surface area contributed by atoms with Crippen LogP contribution in [0.5, 0.6) is 0 Å². The van der Waals surface area contributed by atoms with Gasteiger partial charge in [-0.3, -0.25) is 4.79 Å². The van der Waals surface area contributed by atoms with E-state index in [1.165, 1.54) is 21.7 Å². The van der Waals surface area contributed by atoms with Crippen LogP contribution < -0.4 is 5.32 Å². The van der Waals surface area contributed by atoms with Crippen LogP contribution >= 0.6 is 24.4 Å². The van der Waals surface area contributed by atoms with Gasteiger partial charge < -0.3 is 15.3 Å². The first-order valence-electron chi connectivity index (χ1n) is 10.1. The van der Waals surface area contributed by atoms with Gasteiger partial charge in [-0.1, -0.05) is 19.1 Å². The Kier molecular flexibility index (Phi) is 9.74. The predicted molar refractivity (Wildman–Crippen MR) is 126 cm³/mol. The van der Waals surface area contributed by atoms with E-state index in [2.05, 4.69) is 60.3 Å². The summed E-state index contributed by atoms with van der Waals surface area (Å²) in [4.78, 5) is 15.6. The van der Waals surface area contributed by atoms with Gasteiger partial charge in [0.1, 0.15) is 0 Å². The maximum absolute atomic E-state index is 11.0. The standard InChI is InChI=1S/C15H22N2O2S.C8H10S/c1-16-6-5-14(20-2)12-8-13-11(9-15(18)19)4-3-7-17(13)10-12;1-2-7-3-5-8(9)6-4-7/h5-6,8,11,16H,3-4,7,9-10H2,1-2H3,(H,18,19);3-6,9H,2H2,1H3/b6-5-,14-12+;. The summed E-state index contributed by atoms with van der Waals surface area (Å²) in [5.41, 5.74) is 3.89. The van der Waals surface area contributed by atoms with E-state index in [1.54, 1.807) is 11.8 Å². The minimum absolute atomic E-state index is 0.176. The summed E-state index contributed by atoms with van der Waals surface area (Å²) < 4.78 is 0. The number of allylic oxidation sites excluding steroid dienone is 2. The quantitative estimate of drug-likeness (QED) is 0.555. The Labute approximate surface area is 184 Å². The van der Waals surface area contributed by atoms with Crippen molar-refractivity contribution < 1.29 is 9.90 Å². The van der Waals surface area contributed by atoms with E-state index in [-0.39, 0.29) is 12.3 Å². The molecule has 1 aromatic rings. The number of carbonyl (C=O) groups is 1. The molecule has 2 N–H and O–H groups in total. The van der Waals surface area contributed by atoms with Crippen molar-refractivity contribution in [1.82, 2.24) is 10.2 Å². The highest BCUT2D eigenvalue weighted by Crippen LogP contribution is 2.37. The third-order valence-corrected chi connectivity index (χ3v) is 6.29. The van der Waals surface area contributed by atoms with Gasteiger partial charge in [0.25, 0.3) is 0 Å². The predicted octanol–water partition coefficient (Wildman–Crippen LogP) is 4.96. The first kappa shape index (κ1) is 23.5. The Morgan fingerprint density at radius 1 is 1.38 bits per heavy atom. The molecule has 2 aliphatic heterocycles. The van der Waals surface area contributed by atoms with E-state index in [0.29, 0.717) is 0 Å². The number of carboxylic acid groups (broad SMARTS) is 1. The Bertz CT molecular complexity index is 770. The van der Waals surface area contributed by atoms with Crippen LogP contribution in [-0.4, -0.2) is 42.4 Å². The number of carboxylic acids is 1. The van der Waals surface area contributed by atoms with Crippen molar-refractivity contribution in [3.05, 3.63) is 64.4 Å². The van der Waals surface area contributed by atoms with Crippen molar-refractivity contribution in [2.24, 2.45) is 5.92 Å². The number of fused-ring (bicyclic) bond motifs is 1. The van der Waals surface area contributed by atoms with E-state index >= 15 is 0 Å². The van der Waals surface area contributed by atoms with E-state index in [0.717, 1.165) is 37.2 Å². The van der Waals surface area contributed by atoms with Crippen molar-refractivity contribution in [3.8, 4) is 0 Å². The number of aliphatic carboxylic acids is 1. The zero-order valence-electron chi connectivity index (χ0n) is 17.5. The number of thioether (sulfide) groups is 1. The number of aryl methyl sites for hydroxylation is 1. The molecule has 1 saturated heterocycles. The molecular formula is C23H32N2O2S2. The summed E-state index contributed by atoms with van der Waals surface area (Å²) in [5.74, 6) is -0.523. The lowest BCUT2D eigenvalue weighted by atomic mass is 9.92. The number of rotatable bonds is 6. The number of hydrogen-bond acceptors (Lipinski definition) is 5. The maximum Gasteiger partial charge on any atom is 0.304 e. The molecule has 0 saturated carbocycles. The van der Waals surface area contributed by atoms with E-state index in [1.807, 2.05) is 25.4 Å². The number of piperidine rings is 1. The fraction of sp³-hybridized carbons (Fsp3) is 0.435. The van der Waals surface area contributed by atoms with Gasteiger partial charge in [0.15, 0.2) is 0 Å². The van der Waals surface area contributed by atoms with Gasteiger partial charge in [-0.05, 0) is 67.1 Å². The van der Waals surface area contributed by atoms with Crippen molar-refractivity contribution in [3.63, 3.8) is 0 Å². The molecule has 2 aliphatic rings. The Balaban J connectivity index is 0.000000278. The molecule has 3 rings (SSSR count). The van der Waals surface area contributed by atoms with Crippen LogP contribution in [0.15, 0.2) is 63.7 Å². The third kappa shape index (κ3) is 7.19. The molecule has 2 heterocycles. The number of nitrogens with one attached hydrogen (secondary N) is 1. The van der Waals surface area contributed by atoms with Gasteiger partial charge in [0.05, 0.1) is 6.42 Å². The lowest BCUT2D eigenvalue weighted by molar-refractivity contribution is -0.138. The Morgan fingerprint density at radius 2 is 2.10 bits per heavy atom. The average molecular weight is 433 g/mol. The molecule has 4 nitrogen and oxygen atoms in total. The van der Waals surface area contributed by atoms with Crippen molar-refractivity contribution >= 4 is 30.4 Å². The normalized spacial score (nSPS) is 19.9.